The Morgan fingerprint density at radius 1 is 1.27 bits per heavy atom. The van der Waals surface area contributed by atoms with Crippen LogP contribution in [0.2, 0.25) is 0 Å². The fourth-order valence-corrected chi connectivity index (χ4v) is 3.04. The molecule has 0 aromatic rings. The average molecular weight is 206 g/mol. The highest BCUT2D eigenvalue weighted by Gasteiger charge is 2.30. The molecule has 0 bridgehead atoms. The third-order valence-electron chi connectivity index (χ3n) is 4.26. The Balaban J connectivity index is 1.93. The van der Waals surface area contributed by atoms with Gasteiger partial charge in [0.05, 0.1) is 0 Å². The maximum Gasteiger partial charge on any atom is 0.0461 e. The van der Waals surface area contributed by atoms with E-state index in [4.69, 9.17) is 0 Å². The molecule has 0 amide bonds. The van der Waals surface area contributed by atoms with E-state index in [2.05, 4.69) is 31.2 Å². The second kappa shape index (κ2) is 4.98. The fraction of sp³-hybridized carbons (Fsp3) is 0.714. The summed E-state index contributed by atoms with van der Waals surface area (Å²) >= 11 is 0. The van der Waals surface area contributed by atoms with Crippen molar-refractivity contribution >= 4 is 0 Å². The van der Waals surface area contributed by atoms with Gasteiger partial charge in [-0.05, 0) is 42.9 Å². The van der Waals surface area contributed by atoms with Crippen LogP contribution in [-0.2, 0) is 0 Å². The summed E-state index contributed by atoms with van der Waals surface area (Å²) in [5.74, 6) is 2.80. The second-order valence-electron chi connectivity index (χ2n) is 5.21. The van der Waals surface area contributed by atoms with Crippen molar-refractivity contribution in [2.45, 2.75) is 32.6 Å². The molecule has 2 rings (SSSR count). The first-order valence-corrected chi connectivity index (χ1v) is 6.25. The Labute approximate surface area is 92.9 Å². The van der Waals surface area contributed by atoms with Crippen molar-refractivity contribution in [1.82, 2.24) is 0 Å². The summed E-state index contributed by atoms with van der Waals surface area (Å²) in [5, 5.41) is 9.35. The van der Waals surface area contributed by atoms with Crippen molar-refractivity contribution in [3.63, 3.8) is 0 Å². The van der Waals surface area contributed by atoms with Gasteiger partial charge in [0.1, 0.15) is 0 Å². The molecule has 0 aromatic heterocycles. The molecule has 84 valence electrons. The van der Waals surface area contributed by atoms with Gasteiger partial charge in [0.15, 0.2) is 0 Å². The van der Waals surface area contributed by atoms with E-state index < -0.39 is 0 Å². The molecule has 2 aliphatic rings. The highest BCUT2D eigenvalue weighted by Crippen LogP contribution is 2.39. The number of allylic oxidation sites excluding steroid dienone is 4. The fourth-order valence-electron chi connectivity index (χ4n) is 3.04. The monoisotopic (exact) mass is 206 g/mol. The maximum atomic E-state index is 9.35. The molecule has 1 saturated carbocycles. The molecule has 1 nitrogen and oxygen atoms in total. The summed E-state index contributed by atoms with van der Waals surface area (Å²) in [6, 6.07) is 0. The van der Waals surface area contributed by atoms with Crippen molar-refractivity contribution in [2.24, 2.45) is 23.7 Å². The van der Waals surface area contributed by atoms with E-state index >= 15 is 0 Å². The van der Waals surface area contributed by atoms with Gasteiger partial charge in [-0.3, -0.25) is 0 Å². The molecule has 2 aliphatic carbocycles. The molecule has 4 atom stereocenters. The average Bonchev–Trinajstić information content (AvgIpc) is 2.31. The Morgan fingerprint density at radius 3 is 2.80 bits per heavy atom. The van der Waals surface area contributed by atoms with Crippen molar-refractivity contribution in [3.8, 4) is 0 Å². The molecule has 0 aliphatic heterocycles. The summed E-state index contributed by atoms with van der Waals surface area (Å²) in [6.07, 6.45) is 14.0. The molecule has 1 unspecified atom stereocenters. The van der Waals surface area contributed by atoms with Gasteiger partial charge in [-0.2, -0.15) is 0 Å². The Hall–Kier alpha value is -0.560. The molecule has 15 heavy (non-hydrogen) atoms. The molecular formula is C14H22O. The van der Waals surface area contributed by atoms with E-state index in [-0.39, 0.29) is 0 Å². The number of hydrogen-bond donors (Lipinski definition) is 1. The predicted molar refractivity (Wildman–Crippen MR) is 63.5 cm³/mol. The Bertz CT molecular complexity index is 254. The maximum absolute atomic E-state index is 9.35. The van der Waals surface area contributed by atoms with Crippen LogP contribution in [0.15, 0.2) is 24.3 Å². The zero-order valence-corrected chi connectivity index (χ0v) is 9.60. The van der Waals surface area contributed by atoms with Crippen LogP contribution in [0.25, 0.3) is 0 Å². The van der Waals surface area contributed by atoms with E-state index in [1.165, 1.54) is 25.7 Å². The highest BCUT2D eigenvalue weighted by molar-refractivity contribution is 5.12. The molecule has 0 aromatic carbocycles. The number of rotatable bonds is 2. The van der Waals surface area contributed by atoms with Crippen molar-refractivity contribution in [3.05, 3.63) is 24.3 Å². The molecule has 0 radical (unpaired) electrons. The lowest BCUT2D eigenvalue weighted by Crippen LogP contribution is -2.29. The van der Waals surface area contributed by atoms with Crippen LogP contribution in [0.1, 0.15) is 32.6 Å². The number of hydrogen-bond acceptors (Lipinski definition) is 1. The van der Waals surface area contributed by atoms with Gasteiger partial charge < -0.3 is 5.11 Å². The predicted octanol–water partition coefficient (Wildman–Crippen LogP) is 3.16. The summed E-state index contributed by atoms with van der Waals surface area (Å²) in [4.78, 5) is 0. The standard InChI is InChI=1S/C14H22O/c1-11-7-8-13(9-14(11)10-15)12-5-3-2-4-6-12/h2-5,11-15H,6-10H2,1H3/t11-,12?,13-,14-/m1/s1. The van der Waals surface area contributed by atoms with Crippen LogP contribution in [-0.4, -0.2) is 11.7 Å². The molecule has 0 heterocycles. The van der Waals surface area contributed by atoms with Crippen LogP contribution in [0.5, 0.6) is 0 Å². The van der Waals surface area contributed by atoms with Gasteiger partial charge in [-0.15, -0.1) is 0 Å². The van der Waals surface area contributed by atoms with Crippen LogP contribution in [0.4, 0.5) is 0 Å². The van der Waals surface area contributed by atoms with Gasteiger partial charge in [-0.25, -0.2) is 0 Å². The first kappa shape index (κ1) is 10.9. The third kappa shape index (κ3) is 2.52. The van der Waals surface area contributed by atoms with Crippen LogP contribution < -0.4 is 0 Å². The van der Waals surface area contributed by atoms with Crippen LogP contribution >= 0.6 is 0 Å². The molecular weight excluding hydrogens is 184 g/mol. The van der Waals surface area contributed by atoms with Crippen LogP contribution in [0, 0.1) is 23.7 Å². The van der Waals surface area contributed by atoms with E-state index in [0.29, 0.717) is 12.5 Å². The summed E-state index contributed by atoms with van der Waals surface area (Å²) in [6.45, 7) is 2.66. The molecule has 1 N–H and O–H groups in total. The van der Waals surface area contributed by atoms with Crippen molar-refractivity contribution in [1.29, 1.82) is 0 Å². The first-order valence-electron chi connectivity index (χ1n) is 6.25. The Kier molecular flexibility index (Phi) is 3.63. The normalized spacial score (nSPS) is 40.7. The topological polar surface area (TPSA) is 20.2 Å². The van der Waals surface area contributed by atoms with Gasteiger partial charge >= 0.3 is 0 Å². The minimum atomic E-state index is 0.379. The lowest BCUT2D eigenvalue weighted by molar-refractivity contribution is 0.0993. The third-order valence-corrected chi connectivity index (χ3v) is 4.26. The van der Waals surface area contributed by atoms with Crippen molar-refractivity contribution < 1.29 is 5.11 Å². The van der Waals surface area contributed by atoms with E-state index in [1.807, 2.05) is 0 Å². The van der Waals surface area contributed by atoms with E-state index in [0.717, 1.165) is 17.8 Å². The second-order valence-corrected chi connectivity index (χ2v) is 5.21. The van der Waals surface area contributed by atoms with Gasteiger partial charge in [0.25, 0.3) is 0 Å². The van der Waals surface area contributed by atoms with E-state index in [9.17, 15) is 5.11 Å². The summed E-state index contributed by atoms with van der Waals surface area (Å²) < 4.78 is 0. The minimum absolute atomic E-state index is 0.379. The smallest absolute Gasteiger partial charge is 0.0461 e. The largest absolute Gasteiger partial charge is 0.396 e. The lowest BCUT2D eigenvalue weighted by Gasteiger charge is -2.36. The van der Waals surface area contributed by atoms with Crippen molar-refractivity contribution in [2.75, 3.05) is 6.61 Å². The zero-order valence-electron chi connectivity index (χ0n) is 9.60. The van der Waals surface area contributed by atoms with Gasteiger partial charge in [0, 0.05) is 6.61 Å². The minimum Gasteiger partial charge on any atom is -0.396 e. The number of aliphatic hydroxyl groups excluding tert-OH is 1. The molecule has 0 spiro atoms. The quantitative estimate of drug-likeness (QED) is 0.736. The summed E-state index contributed by atoms with van der Waals surface area (Å²) in [7, 11) is 0. The van der Waals surface area contributed by atoms with Crippen LogP contribution in [0.3, 0.4) is 0 Å². The van der Waals surface area contributed by atoms with Gasteiger partial charge in [0.2, 0.25) is 0 Å². The number of aliphatic hydroxyl groups is 1. The molecule has 1 fully saturated rings. The first-order chi connectivity index (χ1) is 7.31. The molecule has 1 heteroatoms. The summed E-state index contributed by atoms with van der Waals surface area (Å²) in [5.41, 5.74) is 0. The molecule has 0 saturated heterocycles. The zero-order chi connectivity index (χ0) is 10.7. The SMILES string of the molecule is C[C@@H]1CC[C@@H](C2C=CC=CC2)C[C@@H]1CO. The lowest BCUT2D eigenvalue weighted by atomic mass is 9.69. The highest BCUT2D eigenvalue weighted by atomic mass is 16.3. The van der Waals surface area contributed by atoms with E-state index in [1.54, 1.807) is 0 Å². The van der Waals surface area contributed by atoms with Gasteiger partial charge in [-0.1, -0.05) is 37.6 Å². The Morgan fingerprint density at radius 2 is 2.13 bits per heavy atom.